The molecular weight excluding hydrogens is 420 g/mol. The molecule has 7 heteroatoms. The lowest BCUT2D eigenvalue weighted by Gasteiger charge is -2.16. The minimum atomic E-state index is -0.413. The van der Waals surface area contributed by atoms with Crippen LogP contribution in [-0.2, 0) is 4.79 Å². The van der Waals surface area contributed by atoms with Crippen molar-refractivity contribution in [2.24, 2.45) is 0 Å². The summed E-state index contributed by atoms with van der Waals surface area (Å²) in [6, 6.07) is 19.3. The Morgan fingerprint density at radius 3 is 2.20 bits per heavy atom. The van der Waals surface area contributed by atoms with Gasteiger partial charge in [0.15, 0.2) is 0 Å². The number of nitrogens with one attached hydrogen (secondary N) is 1. The number of benzene rings is 3. The van der Waals surface area contributed by atoms with Crippen molar-refractivity contribution in [3.05, 3.63) is 88.4 Å². The summed E-state index contributed by atoms with van der Waals surface area (Å²) in [7, 11) is 0. The Bertz CT molecular complexity index is 1130. The van der Waals surface area contributed by atoms with E-state index in [1.54, 1.807) is 36.4 Å². The molecule has 3 amide bonds. The molecule has 1 N–H and O–H groups in total. The van der Waals surface area contributed by atoms with E-state index in [1.165, 1.54) is 17.8 Å². The molecule has 1 heterocycles. The van der Waals surface area contributed by atoms with Gasteiger partial charge in [-0.2, -0.15) is 0 Å². The smallest absolute Gasteiger partial charge is 0.266 e. The lowest BCUT2D eigenvalue weighted by atomic mass is 10.1. The Morgan fingerprint density at radius 1 is 0.967 bits per heavy atom. The Hall–Kier alpha value is -3.09. The molecule has 5 nitrogen and oxygen atoms in total. The zero-order chi connectivity index (χ0) is 21.3. The zero-order valence-electron chi connectivity index (χ0n) is 16.0. The monoisotopic (exact) mass is 436 g/mol. The molecule has 30 heavy (non-hydrogen) atoms. The minimum absolute atomic E-state index is 0.176. The molecule has 0 atom stereocenters. The third kappa shape index (κ3) is 3.97. The highest BCUT2D eigenvalue weighted by Gasteiger charge is 2.37. The number of amides is 3. The molecule has 0 saturated carbocycles. The first-order valence-corrected chi connectivity index (χ1v) is 10.6. The lowest BCUT2D eigenvalue weighted by Crippen LogP contribution is -2.29. The molecule has 150 valence electrons. The number of carbonyl (C=O) groups excluding carboxylic acids is 3. The normalized spacial score (nSPS) is 12.8. The van der Waals surface area contributed by atoms with Crippen molar-refractivity contribution in [1.82, 2.24) is 0 Å². The van der Waals surface area contributed by atoms with Gasteiger partial charge in [-0.1, -0.05) is 41.4 Å². The van der Waals surface area contributed by atoms with Crippen LogP contribution < -0.4 is 10.2 Å². The maximum atomic E-state index is 12.6. The zero-order valence-corrected chi connectivity index (χ0v) is 17.6. The Morgan fingerprint density at radius 2 is 1.60 bits per heavy atom. The number of anilines is 2. The highest BCUT2D eigenvalue weighted by Crippen LogP contribution is 2.34. The predicted octanol–water partition coefficient (Wildman–Crippen LogP) is 5.18. The number of hydrogen-bond acceptors (Lipinski definition) is 4. The van der Waals surface area contributed by atoms with Crippen LogP contribution >= 0.6 is 23.4 Å². The molecule has 0 fully saturated rings. The predicted molar refractivity (Wildman–Crippen MR) is 120 cm³/mol. The number of hydrogen-bond donors (Lipinski definition) is 1. The Labute approximate surface area is 183 Å². The number of aryl methyl sites for hydroxylation is 1. The molecular formula is C23H17ClN2O3S. The summed E-state index contributed by atoms with van der Waals surface area (Å²) in [6.45, 7) is 2.01. The van der Waals surface area contributed by atoms with Crippen LogP contribution in [0.1, 0.15) is 26.3 Å². The number of thioether (sulfide) groups is 1. The van der Waals surface area contributed by atoms with Gasteiger partial charge in [0.25, 0.3) is 11.8 Å². The number of imide groups is 1. The van der Waals surface area contributed by atoms with Gasteiger partial charge in [-0.05, 0) is 49.4 Å². The second-order valence-corrected chi connectivity index (χ2v) is 8.26. The van der Waals surface area contributed by atoms with Gasteiger partial charge in [0, 0.05) is 10.6 Å². The standard InChI is InChI=1S/C23H17ClN2O3S/c1-14-6-9-16(10-7-14)30-13-21(27)25-15-8-11-20(19(24)12-15)26-22(28)17-4-2-3-5-18(17)23(26)29/h2-12H,13H2,1H3,(H,25,27). The Kier molecular flexibility index (Phi) is 5.61. The molecule has 0 radical (unpaired) electrons. The number of rotatable bonds is 5. The first kappa shape index (κ1) is 20.2. The maximum Gasteiger partial charge on any atom is 0.266 e. The Balaban J connectivity index is 1.45. The van der Waals surface area contributed by atoms with Gasteiger partial charge in [0.2, 0.25) is 5.91 Å². The first-order valence-electron chi connectivity index (χ1n) is 9.21. The lowest BCUT2D eigenvalue weighted by molar-refractivity contribution is -0.113. The molecule has 0 unspecified atom stereocenters. The van der Waals surface area contributed by atoms with Crippen molar-refractivity contribution in [2.45, 2.75) is 11.8 Å². The average molecular weight is 437 g/mol. The molecule has 0 aliphatic carbocycles. The van der Waals surface area contributed by atoms with E-state index in [0.717, 1.165) is 15.4 Å². The fourth-order valence-corrected chi connectivity index (χ4v) is 4.12. The third-order valence-electron chi connectivity index (χ3n) is 4.66. The molecule has 0 aromatic heterocycles. The summed E-state index contributed by atoms with van der Waals surface area (Å²) >= 11 is 7.79. The molecule has 0 spiro atoms. The topological polar surface area (TPSA) is 66.5 Å². The fourth-order valence-electron chi connectivity index (χ4n) is 3.15. The van der Waals surface area contributed by atoms with Gasteiger partial charge in [-0.15, -0.1) is 11.8 Å². The summed E-state index contributed by atoms with van der Waals surface area (Å²) in [5.41, 5.74) is 2.65. The maximum absolute atomic E-state index is 12.6. The fraction of sp³-hybridized carbons (Fsp3) is 0.0870. The van der Waals surface area contributed by atoms with Crippen LogP contribution in [0.5, 0.6) is 0 Å². The van der Waals surface area contributed by atoms with Gasteiger partial charge >= 0.3 is 0 Å². The summed E-state index contributed by atoms with van der Waals surface area (Å²) < 4.78 is 0. The van der Waals surface area contributed by atoms with Crippen molar-refractivity contribution >= 4 is 52.5 Å². The number of carbonyl (C=O) groups is 3. The quantitative estimate of drug-likeness (QED) is 0.442. The molecule has 0 bridgehead atoms. The average Bonchev–Trinajstić information content (AvgIpc) is 2.99. The van der Waals surface area contributed by atoms with Gasteiger partial charge in [0.1, 0.15) is 0 Å². The van der Waals surface area contributed by atoms with Gasteiger partial charge < -0.3 is 5.32 Å². The van der Waals surface area contributed by atoms with Crippen molar-refractivity contribution < 1.29 is 14.4 Å². The number of fused-ring (bicyclic) bond motifs is 1. The van der Waals surface area contributed by atoms with Gasteiger partial charge in [-0.25, -0.2) is 4.90 Å². The van der Waals surface area contributed by atoms with Crippen molar-refractivity contribution in [2.75, 3.05) is 16.0 Å². The van der Waals surface area contributed by atoms with E-state index in [2.05, 4.69) is 5.32 Å². The summed E-state index contributed by atoms with van der Waals surface area (Å²) in [5.74, 6) is -0.751. The van der Waals surface area contributed by atoms with Crippen LogP contribution in [0.15, 0.2) is 71.6 Å². The van der Waals surface area contributed by atoms with Gasteiger partial charge in [0.05, 0.1) is 27.6 Å². The van der Waals surface area contributed by atoms with Crippen LogP contribution in [0, 0.1) is 6.92 Å². The highest BCUT2D eigenvalue weighted by atomic mass is 35.5. The molecule has 1 aliphatic rings. The third-order valence-corrected chi connectivity index (χ3v) is 5.97. The van der Waals surface area contributed by atoms with Crippen LogP contribution in [0.25, 0.3) is 0 Å². The molecule has 4 rings (SSSR count). The number of halogens is 1. The van der Waals surface area contributed by atoms with E-state index in [0.29, 0.717) is 16.8 Å². The van der Waals surface area contributed by atoms with E-state index in [9.17, 15) is 14.4 Å². The van der Waals surface area contributed by atoms with E-state index in [1.807, 2.05) is 31.2 Å². The van der Waals surface area contributed by atoms with E-state index < -0.39 is 11.8 Å². The SMILES string of the molecule is Cc1ccc(SCC(=O)Nc2ccc(N3C(=O)c4ccccc4C3=O)c(Cl)c2)cc1. The number of nitrogens with zero attached hydrogens (tertiary/aromatic N) is 1. The molecule has 3 aromatic rings. The minimum Gasteiger partial charge on any atom is -0.325 e. The second-order valence-electron chi connectivity index (χ2n) is 6.81. The summed E-state index contributed by atoms with van der Waals surface area (Å²) in [6.07, 6.45) is 0. The van der Waals surface area contributed by atoms with Crippen LogP contribution in [0.3, 0.4) is 0 Å². The first-order chi connectivity index (χ1) is 14.4. The molecule has 1 aliphatic heterocycles. The van der Waals surface area contributed by atoms with Crippen molar-refractivity contribution in [3.63, 3.8) is 0 Å². The van der Waals surface area contributed by atoms with Crippen molar-refractivity contribution in [1.29, 1.82) is 0 Å². The summed E-state index contributed by atoms with van der Waals surface area (Å²) in [4.78, 5) is 39.6. The van der Waals surface area contributed by atoms with Crippen LogP contribution in [-0.4, -0.2) is 23.5 Å². The summed E-state index contributed by atoms with van der Waals surface area (Å²) in [5, 5.41) is 2.99. The van der Waals surface area contributed by atoms with Crippen LogP contribution in [0.4, 0.5) is 11.4 Å². The van der Waals surface area contributed by atoms with E-state index in [4.69, 9.17) is 11.6 Å². The largest absolute Gasteiger partial charge is 0.325 e. The van der Waals surface area contributed by atoms with Gasteiger partial charge in [-0.3, -0.25) is 14.4 Å². The van der Waals surface area contributed by atoms with E-state index in [-0.39, 0.29) is 22.4 Å². The second kappa shape index (κ2) is 8.34. The van der Waals surface area contributed by atoms with Crippen LogP contribution in [0.2, 0.25) is 5.02 Å². The molecule has 3 aromatic carbocycles. The highest BCUT2D eigenvalue weighted by molar-refractivity contribution is 8.00. The van der Waals surface area contributed by atoms with Crippen molar-refractivity contribution in [3.8, 4) is 0 Å². The van der Waals surface area contributed by atoms with E-state index >= 15 is 0 Å². The molecule has 0 saturated heterocycles.